The van der Waals surface area contributed by atoms with E-state index in [9.17, 15) is 5.11 Å². The zero-order chi connectivity index (χ0) is 16.8. The first kappa shape index (κ1) is 15.3. The Balaban J connectivity index is 1.62. The number of hydrogen-bond acceptors (Lipinski definition) is 5. The lowest BCUT2D eigenvalue weighted by Gasteiger charge is -2.35. The number of anilines is 1. The lowest BCUT2D eigenvalue weighted by atomic mass is 9.89. The van der Waals surface area contributed by atoms with Gasteiger partial charge in [-0.3, -0.25) is 4.84 Å². The summed E-state index contributed by atoms with van der Waals surface area (Å²) in [5.41, 5.74) is 2.41. The topological polar surface area (TPSA) is 44.7 Å². The Morgan fingerprint density at radius 1 is 1.16 bits per heavy atom. The molecule has 1 saturated heterocycles. The van der Waals surface area contributed by atoms with E-state index >= 15 is 0 Å². The molecule has 0 amide bonds. The molecule has 1 aromatic heterocycles. The van der Waals surface area contributed by atoms with Gasteiger partial charge in [0.1, 0.15) is 0 Å². The van der Waals surface area contributed by atoms with Crippen molar-refractivity contribution in [1.82, 2.24) is 5.06 Å². The van der Waals surface area contributed by atoms with E-state index in [0.717, 1.165) is 12.1 Å². The minimum absolute atomic E-state index is 0.0397. The third-order valence-electron chi connectivity index (χ3n) is 5.28. The van der Waals surface area contributed by atoms with E-state index in [2.05, 4.69) is 41.7 Å². The predicted molar refractivity (Wildman–Crippen MR) is 101 cm³/mol. The maximum absolute atomic E-state index is 10.1. The molecule has 2 aliphatic heterocycles. The number of rotatable bonds is 3. The first-order valence-electron chi connectivity index (χ1n) is 8.69. The molecular formula is C20H20N2O2S. The van der Waals surface area contributed by atoms with Gasteiger partial charge in [0.25, 0.3) is 0 Å². The standard InChI is InChI=1S/C20H20N2O2S/c23-11-16(13-6-2-1-3-7-13)22-19-14(12-24-22)10-21-20-18(19)15-8-4-5-9-17(15)25-20/h1-9,14,16,19,21,23H,10-12H2/t14-,16-,19+/m0/s1. The zero-order valence-corrected chi connectivity index (χ0v) is 14.6. The monoisotopic (exact) mass is 352 g/mol. The van der Waals surface area contributed by atoms with E-state index in [1.807, 2.05) is 34.6 Å². The summed E-state index contributed by atoms with van der Waals surface area (Å²) >= 11 is 1.81. The molecular weight excluding hydrogens is 332 g/mol. The number of aliphatic hydroxyl groups is 1. The summed E-state index contributed by atoms with van der Waals surface area (Å²) < 4.78 is 1.30. The summed E-state index contributed by atoms with van der Waals surface area (Å²) in [6.45, 7) is 1.64. The van der Waals surface area contributed by atoms with Crippen molar-refractivity contribution >= 4 is 26.4 Å². The van der Waals surface area contributed by atoms with Gasteiger partial charge in [-0.05, 0) is 17.0 Å². The van der Waals surface area contributed by atoms with Gasteiger partial charge in [-0.2, -0.15) is 5.06 Å². The summed E-state index contributed by atoms with van der Waals surface area (Å²) in [5, 5.41) is 18.3. The Bertz CT molecular complexity index is 895. The number of benzene rings is 2. The van der Waals surface area contributed by atoms with E-state index in [0.29, 0.717) is 12.5 Å². The third kappa shape index (κ3) is 2.39. The van der Waals surface area contributed by atoms with Gasteiger partial charge in [-0.15, -0.1) is 11.3 Å². The summed E-state index contributed by atoms with van der Waals surface area (Å²) in [5.74, 6) is 0.392. The summed E-state index contributed by atoms with van der Waals surface area (Å²) in [6, 6.07) is 18.7. The van der Waals surface area contributed by atoms with Gasteiger partial charge in [-0.25, -0.2) is 0 Å². The average molecular weight is 352 g/mol. The van der Waals surface area contributed by atoms with Crippen LogP contribution < -0.4 is 5.32 Å². The van der Waals surface area contributed by atoms with Crippen LogP contribution in [0.3, 0.4) is 0 Å². The van der Waals surface area contributed by atoms with Crippen LogP contribution in [0.2, 0.25) is 0 Å². The van der Waals surface area contributed by atoms with Crippen molar-refractivity contribution < 1.29 is 9.94 Å². The molecule has 0 bridgehead atoms. The highest BCUT2D eigenvalue weighted by Gasteiger charge is 2.45. The second-order valence-corrected chi connectivity index (χ2v) is 7.74. The molecule has 3 aromatic rings. The molecule has 2 aliphatic rings. The fourth-order valence-electron chi connectivity index (χ4n) is 4.10. The Labute approximate surface area is 150 Å². The number of aliphatic hydroxyl groups excluding tert-OH is 1. The molecule has 25 heavy (non-hydrogen) atoms. The quantitative estimate of drug-likeness (QED) is 0.749. The van der Waals surface area contributed by atoms with Crippen LogP contribution in [0.25, 0.3) is 10.1 Å². The predicted octanol–water partition coefficient (Wildman–Crippen LogP) is 3.96. The number of hydroxylamine groups is 2. The van der Waals surface area contributed by atoms with Gasteiger partial charge in [0, 0.05) is 22.7 Å². The molecule has 128 valence electrons. The minimum atomic E-state index is -0.152. The number of nitrogens with one attached hydrogen (secondary N) is 1. The Kier molecular flexibility index (Phi) is 3.75. The van der Waals surface area contributed by atoms with Gasteiger partial charge in [0.15, 0.2) is 0 Å². The smallest absolute Gasteiger partial charge is 0.0944 e. The van der Waals surface area contributed by atoms with Crippen LogP contribution in [0.5, 0.6) is 0 Å². The van der Waals surface area contributed by atoms with Gasteiger partial charge < -0.3 is 10.4 Å². The fourth-order valence-corrected chi connectivity index (χ4v) is 5.25. The second-order valence-electron chi connectivity index (χ2n) is 6.69. The van der Waals surface area contributed by atoms with Crippen molar-refractivity contribution in [3.8, 4) is 0 Å². The highest BCUT2D eigenvalue weighted by molar-refractivity contribution is 7.23. The molecule has 0 saturated carbocycles. The molecule has 3 atom stereocenters. The van der Waals surface area contributed by atoms with E-state index in [-0.39, 0.29) is 18.7 Å². The number of fused-ring (bicyclic) bond motifs is 5. The molecule has 2 N–H and O–H groups in total. The second kappa shape index (κ2) is 6.11. The normalized spacial score (nSPS) is 23.9. The van der Waals surface area contributed by atoms with Gasteiger partial charge in [0.2, 0.25) is 0 Å². The third-order valence-corrected chi connectivity index (χ3v) is 6.42. The molecule has 0 spiro atoms. The molecule has 2 aromatic carbocycles. The SMILES string of the molecule is OC[C@@H](c1ccccc1)N1OC[C@@H]2CNc3sc4ccccc4c3[C@@H]21. The molecule has 3 heterocycles. The highest BCUT2D eigenvalue weighted by atomic mass is 32.1. The van der Waals surface area contributed by atoms with Crippen LogP contribution in [-0.4, -0.2) is 29.9 Å². The maximum atomic E-state index is 10.1. The van der Waals surface area contributed by atoms with Crippen molar-refractivity contribution in [3.63, 3.8) is 0 Å². The fraction of sp³-hybridized carbons (Fsp3) is 0.300. The van der Waals surface area contributed by atoms with Gasteiger partial charge in [0.05, 0.1) is 30.3 Å². The lowest BCUT2D eigenvalue weighted by molar-refractivity contribution is -0.174. The van der Waals surface area contributed by atoms with Crippen LogP contribution in [0, 0.1) is 5.92 Å². The summed E-state index contributed by atoms with van der Waals surface area (Å²) in [4.78, 5) is 6.12. The van der Waals surface area contributed by atoms with E-state index in [1.54, 1.807) is 0 Å². The molecule has 5 heteroatoms. The largest absolute Gasteiger partial charge is 0.394 e. The van der Waals surface area contributed by atoms with Crippen LogP contribution in [0.4, 0.5) is 5.00 Å². The first-order chi connectivity index (χ1) is 12.4. The zero-order valence-electron chi connectivity index (χ0n) is 13.8. The summed E-state index contributed by atoms with van der Waals surface area (Å²) in [7, 11) is 0. The molecule has 0 unspecified atom stereocenters. The number of hydrogen-bond donors (Lipinski definition) is 2. The van der Waals surface area contributed by atoms with Crippen molar-refractivity contribution in [2.24, 2.45) is 5.92 Å². The molecule has 5 rings (SSSR count). The van der Waals surface area contributed by atoms with Crippen molar-refractivity contribution in [1.29, 1.82) is 0 Å². The van der Waals surface area contributed by atoms with Gasteiger partial charge >= 0.3 is 0 Å². The minimum Gasteiger partial charge on any atom is -0.394 e. The Hall–Kier alpha value is -1.92. The van der Waals surface area contributed by atoms with E-state index < -0.39 is 0 Å². The Morgan fingerprint density at radius 3 is 2.80 bits per heavy atom. The molecule has 0 aliphatic carbocycles. The summed E-state index contributed by atoms with van der Waals surface area (Å²) in [6.07, 6.45) is 0. The van der Waals surface area contributed by atoms with Crippen LogP contribution in [0.15, 0.2) is 54.6 Å². The lowest BCUT2D eigenvalue weighted by Crippen LogP contribution is -2.35. The average Bonchev–Trinajstić information content (AvgIpc) is 3.24. The van der Waals surface area contributed by atoms with Crippen LogP contribution in [0.1, 0.15) is 23.2 Å². The number of nitrogens with zero attached hydrogens (tertiary/aromatic N) is 1. The van der Waals surface area contributed by atoms with E-state index in [1.165, 1.54) is 20.7 Å². The van der Waals surface area contributed by atoms with Crippen molar-refractivity contribution in [2.75, 3.05) is 25.1 Å². The molecule has 0 radical (unpaired) electrons. The van der Waals surface area contributed by atoms with Crippen molar-refractivity contribution in [3.05, 3.63) is 65.7 Å². The molecule has 4 nitrogen and oxygen atoms in total. The van der Waals surface area contributed by atoms with Crippen LogP contribution in [-0.2, 0) is 4.84 Å². The number of thiophene rings is 1. The highest BCUT2D eigenvalue weighted by Crippen LogP contribution is 2.51. The van der Waals surface area contributed by atoms with Gasteiger partial charge in [-0.1, -0.05) is 48.5 Å². The van der Waals surface area contributed by atoms with Crippen molar-refractivity contribution in [2.45, 2.75) is 12.1 Å². The Morgan fingerprint density at radius 2 is 1.96 bits per heavy atom. The van der Waals surface area contributed by atoms with Crippen LogP contribution >= 0.6 is 11.3 Å². The maximum Gasteiger partial charge on any atom is 0.0944 e. The molecule has 1 fully saturated rings. The van der Waals surface area contributed by atoms with E-state index in [4.69, 9.17) is 4.84 Å². The first-order valence-corrected chi connectivity index (χ1v) is 9.51.